The fourth-order valence-electron chi connectivity index (χ4n) is 0.896. The molecule has 0 rings (SSSR count). The molecule has 0 saturated carbocycles. The topological polar surface area (TPSA) is 58.2 Å². The molecule has 0 aliphatic carbocycles. The Morgan fingerprint density at radius 2 is 1.93 bits per heavy atom. The second-order valence-corrected chi connectivity index (χ2v) is 6.68. The maximum Gasteiger partial charge on any atom is 0.166 e. The lowest BCUT2D eigenvalue weighted by Gasteiger charge is -2.11. The van der Waals surface area contributed by atoms with Crippen LogP contribution in [0, 0.1) is 5.92 Å². The molecule has 0 fully saturated rings. The van der Waals surface area contributed by atoms with Crippen molar-refractivity contribution >= 4 is 27.2 Å². The lowest BCUT2D eigenvalue weighted by Crippen LogP contribution is -2.38. The van der Waals surface area contributed by atoms with Crippen LogP contribution in [-0.4, -0.2) is 38.6 Å². The quantitative estimate of drug-likeness (QED) is 0.534. The van der Waals surface area contributed by atoms with Gasteiger partial charge >= 0.3 is 0 Å². The van der Waals surface area contributed by atoms with Gasteiger partial charge < -0.3 is 10.6 Å². The van der Waals surface area contributed by atoms with Crippen LogP contribution >= 0.6 is 12.2 Å². The molecule has 0 heterocycles. The molecule has 0 aliphatic rings. The Hall–Kier alpha value is -0.360. The first kappa shape index (κ1) is 14.6. The Balaban J connectivity index is 3.48. The average Bonchev–Trinajstić information content (AvgIpc) is 2.07. The van der Waals surface area contributed by atoms with Crippen LogP contribution in [0.2, 0.25) is 0 Å². The summed E-state index contributed by atoms with van der Waals surface area (Å²) in [6.45, 7) is 5.62. The van der Waals surface area contributed by atoms with E-state index in [9.17, 15) is 8.42 Å². The van der Waals surface area contributed by atoms with Gasteiger partial charge in [-0.1, -0.05) is 13.8 Å². The van der Waals surface area contributed by atoms with Crippen LogP contribution in [0.25, 0.3) is 0 Å². The van der Waals surface area contributed by atoms with E-state index in [4.69, 9.17) is 12.2 Å². The highest BCUT2D eigenvalue weighted by Gasteiger charge is 2.01. The minimum absolute atomic E-state index is 0.201. The molecular weight excluding hydrogens is 232 g/mol. The first-order chi connectivity index (χ1) is 6.81. The summed E-state index contributed by atoms with van der Waals surface area (Å²) in [7, 11) is -2.85. The SMILES string of the molecule is CC(C)CNC(=S)NCCCS(C)(=O)=O. The Kier molecular flexibility index (Phi) is 6.84. The minimum atomic E-state index is -2.85. The third-order valence-corrected chi connectivity index (χ3v) is 2.97. The standard InChI is InChI=1S/C9H20N2O2S2/c1-8(2)7-11-9(14)10-5-4-6-15(3,12)13/h8H,4-7H2,1-3H3,(H2,10,11,14). The molecule has 0 amide bonds. The van der Waals surface area contributed by atoms with Crippen molar-refractivity contribution in [2.24, 2.45) is 5.92 Å². The third-order valence-electron chi connectivity index (χ3n) is 1.65. The Bertz CT molecular complexity index is 286. The molecule has 0 atom stereocenters. The van der Waals surface area contributed by atoms with Crippen LogP contribution in [0.4, 0.5) is 0 Å². The number of nitrogens with one attached hydrogen (secondary N) is 2. The van der Waals surface area contributed by atoms with Crippen molar-refractivity contribution < 1.29 is 8.42 Å². The fourth-order valence-corrected chi connectivity index (χ4v) is 1.75. The zero-order valence-electron chi connectivity index (χ0n) is 9.54. The van der Waals surface area contributed by atoms with Crippen molar-refractivity contribution in [3.8, 4) is 0 Å². The van der Waals surface area contributed by atoms with Gasteiger partial charge in [-0.15, -0.1) is 0 Å². The van der Waals surface area contributed by atoms with E-state index < -0.39 is 9.84 Å². The molecule has 0 radical (unpaired) electrons. The Morgan fingerprint density at radius 3 is 2.40 bits per heavy atom. The molecule has 0 aromatic heterocycles. The molecular formula is C9H20N2O2S2. The van der Waals surface area contributed by atoms with Gasteiger partial charge in [0, 0.05) is 19.3 Å². The van der Waals surface area contributed by atoms with E-state index >= 15 is 0 Å². The highest BCUT2D eigenvalue weighted by Crippen LogP contribution is 1.88. The highest BCUT2D eigenvalue weighted by molar-refractivity contribution is 7.90. The fraction of sp³-hybridized carbons (Fsp3) is 0.889. The average molecular weight is 252 g/mol. The van der Waals surface area contributed by atoms with Crippen LogP contribution in [0.15, 0.2) is 0 Å². The number of rotatable bonds is 6. The molecule has 2 N–H and O–H groups in total. The summed E-state index contributed by atoms with van der Waals surface area (Å²) < 4.78 is 21.6. The zero-order chi connectivity index (χ0) is 11.9. The number of hydrogen-bond donors (Lipinski definition) is 2. The van der Waals surface area contributed by atoms with Crippen LogP contribution in [-0.2, 0) is 9.84 Å². The van der Waals surface area contributed by atoms with Gasteiger partial charge in [0.1, 0.15) is 9.84 Å². The van der Waals surface area contributed by atoms with Crippen LogP contribution in [0.1, 0.15) is 20.3 Å². The molecule has 0 saturated heterocycles. The van der Waals surface area contributed by atoms with Gasteiger partial charge in [0.15, 0.2) is 5.11 Å². The molecule has 0 aliphatic heterocycles. The summed E-state index contributed by atoms with van der Waals surface area (Å²) >= 11 is 5.01. The first-order valence-corrected chi connectivity index (χ1v) is 7.47. The zero-order valence-corrected chi connectivity index (χ0v) is 11.2. The molecule has 90 valence electrons. The second-order valence-electron chi connectivity index (χ2n) is 4.01. The van der Waals surface area contributed by atoms with Gasteiger partial charge in [0.2, 0.25) is 0 Å². The van der Waals surface area contributed by atoms with Crippen molar-refractivity contribution in [2.75, 3.05) is 25.1 Å². The summed E-state index contributed by atoms with van der Waals surface area (Å²) in [6.07, 6.45) is 1.82. The Morgan fingerprint density at radius 1 is 1.33 bits per heavy atom. The van der Waals surface area contributed by atoms with Crippen LogP contribution in [0.3, 0.4) is 0 Å². The molecule has 4 nitrogen and oxygen atoms in total. The van der Waals surface area contributed by atoms with Crippen LogP contribution < -0.4 is 10.6 Å². The normalized spacial score (nSPS) is 11.5. The molecule has 6 heteroatoms. The summed E-state index contributed by atoms with van der Waals surface area (Å²) in [6, 6.07) is 0. The molecule has 0 aromatic carbocycles. The summed E-state index contributed by atoms with van der Waals surface area (Å²) in [5.41, 5.74) is 0. The van der Waals surface area contributed by atoms with Gasteiger partial charge in [-0.3, -0.25) is 0 Å². The van der Waals surface area contributed by atoms with E-state index in [0.29, 0.717) is 24.0 Å². The minimum Gasteiger partial charge on any atom is -0.363 e. The van der Waals surface area contributed by atoms with Gasteiger partial charge in [0.25, 0.3) is 0 Å². The lowest BCUT2D eigenvalue weighted by atomic mass is 10.2. The summed E-state index contributed by atoms with van der Waals surface area (Å²) in [5.74, 6) is 0.744. The van der Waals surface area contributed by atoms with Crippen molar-refractivity contribution in [1.82, 2.24) is 10.6 Å². The van der Waals surface area contributed by atoms with E-state index in [0.717, 1.165) is 6.54 Å². The molecule has 0 unspecified atom stereocenters. The van der Waals surface area contributed by atoms with Crippen molar-refractivity contribution in [3.63, 3.8) is 0 Å². The smallest absolute Gasteiger partial charge is 0.166 e. The van der Waals surface area contributed by atoms with E-state index in [1.165, 1.54) is 6.26 Å². The molecule has 0 bridgehead atoms. The largest absolute Gasteiger partial charge is 0.363 e. The van der Waals surface area contributed by atoms with E-state index in [2.05, 4.69) is 24.5 Å². The van der Waals surface area contributed by atoms with Gasteiger partial charge in [-0.2, -0.15) is 0 Å². The predicted octanol–water partition coefficient (Wildman–Crippen LogP) is 0.541. The van der Waals surface area contributed by atoms with Crippen molar-refractivity contribution in [3.05, 3.63) is 0 Å². The van der Waals surface area contributed by atoms with Gasteiger partial charge in [-0.25, -0.2) is 8.42 Å². The number of hydrogen-bond acceptors (Lipinski definition) is 3. The first-order valence-electron chi connectivity index (χ1n) is 5.00. The Labute approximate surface area is 97.7 Å². The summed E-state index contributed by atoms with van der Waals surface area (Å²) in [4.78, 5) is 0. The molecule has 0 spiro atoms. The van der Waals surface area contributed by atoms with E-state index in [1.54, 1.807) is 0 Å². The van der Waals surface area contributed by atoms with Crippen molar-refractivity contribution in [2.45, 2.75) is 20.3 Å². The number of sulfone groups is 1. The van der Waals surface area contributed by atoms with Crippen molar-refractivity contribution in [1.29, 1.82) is 0 Å². The maximum atomic E-state index is 10.8. The molecule has 0 aromatic rings. The van der Waals surface area contributed by atoms with Crippen LogP contribution in [0.5, 0.6) is 0 Å². The molecule has 15 heavy (non-hydrogen) atoms. The maximum absolute atomic E-state index is 10.8. The van der Waals surface area contributed by atoms with E-state index in [-0.39, 0.29) is 5.75 Å². The monoisotopic (exact) mass is 252 g/mol. The van der Waals surface area contributed by atoms with Gasteiger partial charge in [-0.05, 0) is 24.6 Å². The third kappa shape index (κ3) is 11.6. The summed E-state index contributed by atoms with van der Waals surface area (Å²) in [5, 5.41) is 6.61. The number of thiocarbonyl (C=S) groups is 1. The highest BCUT2D eigenvalue weighted by atomic mass is 32.2. The predicted molar refractivity (Wildman–Crippen MR) is 67.8 cm³/mol. The van der Waals surface area contributed by atoms with E-state index in [1.807, 2.05) is 0 Å². The lowest BCUT2D eigenvalue weighted by molar-refractivity contribution is 0.597. The second kappa shape index (κ2) is 7.00. The van der Waals surface area contributed by atoms with Gasteiger partial charge in [0.05, 0.1) is 5.75 Å².